The van der Waals surface area contributed by atoms with Crippen molar-refractivity contribution in [1.29, 1.82) is 0 Å². The first-order valence-electron chi connectivity index (χ1n) is 9.13. The number of anilines is 1. The number of nitrogens with one attached hydrogen (secondary N) is 3. The highest BCUT2D eigenvalue weighted by Gasteiger charge is 2.34. The second-order valence-corrected chi connectivity index (χ2v) is 6.71. The zero-order valence-electron chi connectivity index (χ0n) is 16.9. The van der Waals surface area contributed by atoms with Gasteiger partial charge in [-0.3, -0.25) is 4.79 Å². The van der Waals surface area contributed by atoms with Crippen molar-refractivity contribution < 1.29 is 32.2 Å². The van der Waals surface area contributed by atoms with Gasteiger partial charge in [0, 0.05) is 23.0 Å². The zero-order valence-corrected chi connectivity index (χ0v) is 16.9. The highest BCUT2D eigenvalue weighted by molar-refractivity contribution is 6.07. The van der Waals surface area contributed by atoms with Crippen LogP contribution in [-0.2, 0) is 11.0 Å². The third-order valence-corrected chi connectivity index (χ3v) is 4.71. The molecular formula is C21H20F3N3O4. The Balaban J connectivity index is 1.98. The number of methoxy groups -OCH3 is 2. The molecule has 2 aromatic rings. The normalized spacial score (nSPS) is 16.3. The van der Waals surface area contributed by atoms with Gasteiger partial charge in [0.15, 0.2) is 0 Å². The number of urea groups is 1. The number of hydrogen-bond acceptors (Lipinski definition) is 4. The van der Waals surface area contributed by atoms with Crippen LogP contribution in [-0.4, -0.2) is 26.2 Å². The third-order valence-electron chi connectivity index (χ3n) is 4.71. The second-order valence-electron chi connectivity index (χ2n) is 6.71. The van der Waals surface area contributed by atoms with E-state index in [-0.39, 0.29) is 17.0 Å². The van der Waals surface area contributed by atoms with Crippen LogP contribution < -0.4 is 25.4 Å². The van der Waals surface area contributed by atoms with Crippen molar-refractivity contribution >= 4 is 17.6 Å². The lowest BCUT2D eigenvalue weighted by atomic mass is 9.94. The first kappa shape index (κ1) is 22.0. The van der Waals surface area contributed by atoms with Crippen LogP contribution >= 0.6 is 0 Å². The molecule has 1 unspecified atom stereocenters. The maximum atomic E-state index is 13.0. The molecule has 10 heteroatoms. The van der Waals surface area contributed by atoms with Crippen molar-refractivity contribution in [1.82, 2.24) is 10.6 Å². The SMILES string of the molecule is COc1ccc(C2NC(=O)NC(C)=C2C(=O)Nc2cccc(C(F)(F)F)c2)c(OC)c1. The quantitative estimate of drug-likeness (QED) is 0.663. The summed E-state index contributed by atoms with van der Waals surface area (Å²) in [6.07, 6.45) is -4.55. The minimum Gasteiger partial charge on any atom is -0.497 e. The molecule has 0 aliphatic carbocycles. The molecule has 0 aromatic heterocycles. The van der Waals surface area contributed by atoms with Gasteiger partial charge in [-0.15, -0.1) is 0 Å². The lowest BCUT2D eigenvalue weighted by Crippen LogP contribution is -2.46. The van der Waals surface area contributed by atoms with Gasteiger partial charge < -0.3 is 25.4 Å². The molecule has 3 amide bonds. The van der Waals surface area contributed by atoms with E-state index in [1.54, 1.807) is 18.2 Å². The van der Waals surface area contributed by atoms with E-state index in [0.717, 1.165) is 12.1 Å². The van der Waals surface area contributed by atoms with Crippen LogP contribution in [0.1, 0.15) is 24.1 Å². The van der Waals surface area contributed by atoms with Crippen molar-refractivity contribution in [3.8, 4) is 11.5 Å². The molecule has 0 bridgehead atoms. The van der Waals surface area contributed by atoms with E-state index < -0.39 is 29.7 Å². The van der Waals surface area contributed by atoms with Crippen LogP contribution in [0.25, 0.3) is 0 Å². The van der Waals surface area contributed by atoms with E-state index in [1.807, 2.05) is 0 Å². The highest BCUT2D eigenvalue weighted by Crippen LogP contribution is 2.36. The number of ether oxygens (including phenoxy) is 2. The fraction of sp³-hybridized carbons (Fsp3) is 0.238. The van der Waals surface area contributed by atoms with E-state index in [0.29, 0.717) is 17.1 Å². The van der Waals surface area contributed by atoms with Gasteiger partial charge in [0.2, 0.25) is 0 Å². The molecule has 3 N–H and O–H groups in total. The van der Waals surface area contributed by atoms with Crippen molar-refractivity contribution in [2.24, 2.45) is 0 Å². The number of allylic oxidation sites excluding steroid dienone is 1. The Morgan fingerprint density at radius 1 is 1.10 bits per heavy atom. The Morgan fingerprint density at radius 3 is 2.48 bits per heavy atom. The van der Waals surface area contributed by atoms with Crippen molar-refractivity contribution in [2.75, 3.05) is 19.5 Å². The molecule has 0 radical (unpaired) electrons. The summed E-state index contributed by atoms with van der Waals surface area (Å²) in [5.74, 6) is 0.201. The molecule has 1 aliphatic heterocycles. The molecule has 31 heavy (non-hydrogen) atoms. The summed E-state index contributed by atoms with van der Waals surface area (Å²) in [4.78, 5) is 25.1. The molecule has 1 aliphatic rings. The maximum Gasteiger partial charge on any atom is 0.416 e. The molecule has 1 heterocycles. The van der Waals surface area contributed by atoms with Gasteiger partial charge in [-0.1, -0.05) is 6.07 Å². The average Bonchev–Trinajstić information content (AvgIpc) is 2.72. The molecular weight excluding hydrogens is 415 g/mol. The van der Waals surface area contributed by atoms with Crippen LogP contribution in [0.3, 0.4) is 0 Å². The molecule has 0 saturated carbocycles. The van der Waals surface area contributed by atoms with Crippen molar-refractivity contribution in [3.63, 3.8) is 0 Å². The summed E-state index contributed by atoms with van der Waals surface area (Å²) in [6.45, 7) is 1.53. The molecule has 7 nitrogen and oxygen atoms in total. The summed E-state index contributed by atoms with van der Waals surface area (Å²) in [5, 5.41) is 7.65. The smallest absolute Gasteiger partial charge is 0.416 e. The number of benzene rings is 2. The van der Waals surface area contributed by atoms with E-state index in [1.165, 1.54) is 33.3 Å². The lowest BCUT2D eigenvalue weighted by molar-refractivity contribution is -0.137. The first-order valence-corrected chi connectivity index (χ1v) is 9.13. The Hall–Kier alpha value is -3.69. The van der Waals surface area contributed by atoms with Crippen molar-refractivity contribution in [2.45, 2.75) is 19.1 Å². The molecule has 3 rings (SSSR count). The van der Waals surface area contributed by atoms with E-state index in [4.69, 9.17) is 9.47 Å². The van der Waals surface area contributed by atoms with Gasteiger partial charge >= 0.3 is 12.2 Å². The number of carbonyl (C=O) groups excluding carboxylic acids is 2. The molecule has 1 atom stereocenters. The van der Waals surface area contributed by atoms with Crippen LogP contribution in [0.2, 0.25) is 0 Å². The highest BCUT2D eigenvalue weighted by atomic mass is 19.4. The van der Waals surface area contributed by atoms with Gasteiger partial charge in [0.1, 0.15) is 11.5 Å². The Morgan fingerprint density at radius 2 is 1.84 bits per heavy atom. The summed E-state index contributed by atoms with van der Waals surface area (Å²) in [7, 11) is 2.92. The first-order chi connectivity index (χ1) is 14.6. The van der Waals surface area contributed by atoms with Gasteiger partial charge in [-0.05, 0) is 37.3 Å². The summed E-state index contributed by atoms with van der Waals surface area (Å²) >= 11 is 0. The maximum absolute atomic E-state index is 13.0. The molecule has 164 valence electrons. The number of halogens is 3. The molecule has 0 spiro atoms. The van der Waals surface area contributed by atoms with Crippen molar-refractivity contribution in [3.05, 3.63) is 64.9 Å². The predicted molar refractivity (Wildman–Crippen MR) is 107 cm³/mol. The minimum absolute atomic E-state index is 0.0301. The number of amides is 3. The molecule has 2 aromatic carbocycles. The Labute approximate surface area is 176 Å². The number of carbonyl (C=O) groups is 2. The van der Waals surface area contributed by atoms with Crippen LogP contribution in [0.5, 0.6) is 11.5 Å². The monoisotopic (exact) mass is 435 g/mol. The van der Waals surface area contributed by atoms with Crippen LogP contribution in [0.15, 0.2) is 53.7 Å². The average molecular weight is 435 g/mol. The van der Waals surface area contributed by atoms with Crippen LogP contribution in [0, 0.1) is 0 Å². The lowest BCUT2D eigenvalue weighted by Gasteiger charge is -2.29. The topological polar surface area (TPSA) is 88.7 Å². The number of hydrogen-bond donors (Lipinski definition) is 3. The van der Waals surface area contributed by atoms with Gasteiger partial charge in [-0.2, -0.15) is 13.2 Å². The van der Waals surface area contributed by atoms with E-state index in [2.05, 4.69) is 16.0 Å². The Kier molecular flexibility index (Phi) is 6.09. The van der Waals surface area contributed by atoms with E-state index in [9.17, 15) is 22.8 Å². The summed E-state index contributed by atoms with van der Waals surface area (Å²) < 4.78 is 49.5. The fourth-order valence-corrected chi connectivity index (χ4v) is 3.26. The molecule has 0 fully saturated rings. The minimum atomic E-state index is -4.55. The Bertz CT molecular complexity index is 1050. The number of rotatable bonds is 5. The number of alkyl halides is 3. The summed E-state index contributed by atoms with van der Waals surface area (Å²) in [6, 6.07) is 7.74. The van der Waals surface area contributed by atoms with E-state index >= 15 is 0 Å². The van der Waals surface area contributed by atoms with Gasteiger partial charge in [-0.25, -0.2) is 4.79 Å². The standard InChI is InChI=1S/C21H20F3N3O4/c1-11-17(19(28)26-13-6-4-5-12(9-13)21(22,23)24)18(27-20(29)25-11)15-8-7-14(30-2)10-16(15)31-3/h4-10,18H,1-3H3,(H,26,28)(H2,25,27,29). The largest absolute Gasteiger partial charge is 0.497 e. The van der Waals surface area contributed by atoms with Gasteiger partial charge in [0.25, 0.3) is 5.91 Å². The summed E-state index contributed by atoms with van der Waals surface area (Å²) in [5.41, 5.74) is -0.0554. The molecule has 0 saturated heterocycles. The van der Waals surface area contributed by atoms with Crippen LogP contribution in [0.4, 0.5) is 23.7 Å². The fourth-order valence-electron chi connectivity index (χ4n) is 3.26. The third kappa shape index (κ3) is 4.73. The second kappa shape index (κ2) is 8.58. The zero-order chi connectivity index (χ0) is 22.8. The van der Waals surface area contributed by atoms with Gasteiger partial charge in [0.05, 0.1) is 31.4 Å². The predicted octanol–water partition coefficient (Wildman–Crippen LogP) is 3.99.